The van der Waals surface area contributed by atoms with E-state index in [1.54, 1.807) is 0 Å². The molecule has 0 aromatic carbocycles. The van der Waals surface area contributed by atoms with E-state index in [-0.39, 0.29) is 11.4 Å². The molecule has 0 aromatic heterocycles. The monoisotopic (exact) mass is 248 g/mol. The Morgan fingerprint density at radius 3 is 2.94 bits per heavy atom. The van der Waals surface area contributed by atoms with Crippen LogP contribution >= 0.6 is 0 Å². The maximum atomic E-state index is 11.8. The molecule has 0 saturated heterocycles. The van der Waals surface area contributed by atoms with Crippen LogP contribution in [0, 0.1) is 29.1 Å². The molecule has 0 amide bonds. The summed E-state index contributed by atoms with van der Waals surface area (Å²) in [5.41, 5.74) is 1.69. The van der Waals surface area contributed by atoms with Crippen LogP contribution in [-0.4, -0.2) is 12.6 Å². The second-order valence-corrected chi connectivity index (χ2v) is 6.66. The fraction of sp³-hybridized carbons (Fsp3) is 0.812. The van der Waals surface area contributed by atoms with Crippen molar-refractivity contribution in [3.05, 3.63) is 12.2 Å². The van der Waals surface area contributed by atoms with Gasteiger partial charge in [0.05, 0.1) is 13.0 Å². The molecule has 0 N–H and O–H groups in total. The van der Waals surface area contributed by atoms with Crippen LogP contribution in [0.1, 0.15) is 46.0 Å². The molecule has 100 valence electrons. The fourth-order valence-corrected chi connectivity index (χ4v) is 5.10. The molecule has 2 bridgehead atoms. The fourth-order valence-electron chi connectivity index (χ4n) is 5.10. The zero-order chi connectivity index (χ0) is 12.9. The van der Waals surface area contributed by atoms with E-state index in [0.717, 1.165) is 11.8 Å². The third-order valence-corrected chi connectivity index (χ3v) is 5.95. The Bertz CT molecular complexity index is 387. The maximum Gasteiger partial charge on any atom is 0.306 e. The van der Waals surface area contributed by atoms with Crippen molar-refractivity contribution in [3.63, 3.8) is 0 Å². The Morgan fingerprint density at radius 2 is 2.22 bits per heavy atom. The highest BCUT2D eigenvalue weighted by Crippen LogP contribution is 2.70. The number of esters is 1. The van der Waals surface area contributed by atoms with Gasteiger partial charge in [0, 0.05) is 0 Å². The Kier molecular flexibility index (Phi) is 2.80. The van der Waals surface area contributed by atoms with Gasteiger partial charge in [-0.3, -0.25) is 4.79 Å². The summed E-state index contributed by atoms with van der Waals surface area (Å²) >= 11 is 0. The van der Waals surface area contributed by atoms with Gasteiger partial charge < -0.3 is 4.74 Å². The van der Waals surface area contributed by atoms with Crippen LogP contribution in [-0.2, 0) is 9.53 Å². The largest absolute Gasteiger partial charge is 0.466 e. The summed E-state index contributed by atoms with van der Waals surface area (Å²) in [5.74, 6) is 2.85. The lowest BCUT2D eigenvalue weighted by Crippen LogP contribution is -2.54. The Morgan fingerprint density at radius 1 is 1.44 bits per heavy atom. The van der Waals surface area contributed by atoms with E-state index >= 15 is 0 Å². The van der Waals surface area contributed by atoms with Crippen molar-refractivity contribution in [2.24, 2.45) is 29.1 Å². The molecule has 3 aliphatic carbocycles. The zero-order valence-electron chi connectivity index (χ0n) is 11.6. The van der Waals surface area contributed by atoms with Crippen molar-refractivity contribution >= 4 is 5.97 Å². The predicted molar refractivity (Wildman–Crippen MR) is 70.9 cm³/mol. The molecule has 2 nitrogen and oxygen atoms in total. The number of carbonyl (C=O) groups is 1. The van der Waals surface area contributed by atoms with Gasteiger partial charge in [-0.15, -0.1) is 0 Å². The summed E-state index contributed by atoms with van der Waals surface area (Å²) in [6.07, 6.45) is 5.82. The van der Waals surface area contributed by atoms with Gasteiger partial charge in [-0.1, -0.05) is 25.5 Å². The number of ether oxygens (including phenoxy) is 1. The lowest BCUT2D eigenvalue weighted by molar-refractivity contribution is -0.158. The first-order chi connectivity index (χ1) is 8.58. The molecule has 0 aliphatic heterocycles. The molecule has 3 fully saturated rings. The highest BCUT2D eigenvalue weighted by Gasteiger charge is 2.64. The molecular formula is C16H24O2. The highest BCUT2D eigenvalue weighted by atomic mass is 16.5. The summed E-state index contributed by atoms with van der Waals surface area (Å²) in [6, 6.07) is 0. The van der Waals surface area contributed by atoms with Gasteiger partial charge in [0.15, 0.2) is 0 Å². The van der Waals surface area contributed by atoms with E-state index < -0.39 is 0 Å². The normalized spacial score (nSPS) is 45.3. The Balaban J connectivity index is 1.79. The highest BCUT2D eigenvalue weighted by molar-refractivity contribution is 5.70. The third kappa shape index (κ3) is 1.50. The third-order valence-electron chi connectivity index (χ3n) is 5.95. The van der Waals surface area contributed by atoms with E-state index in [9.17, 15) is 4.79 Å². The van der Waals surface area contributed by atoms with E-state index in [1.165, 1.54) is 31.3 Å². The van der Waals surface area contributed by atoms with Gasteiger partial charge >= 0.3 is 5.97 Å². The van der Waals surface area contributed by atoms with Gasteiger partial charge in [0.1, 0.15) is 0 Å². The van der Waals surface area contributed by atoms with E-state index in [2.05, 4.69) is 13.5 Å². The smallest absolute Gasteiger partial charge is 0.306 e. The average Bonchev–Trinajstić information content (AvgIpc) is 2.46. The summed E-state index contributed by atoms with van der Waals surface area (Å²) < 4.78 is 5.17. The first-order valence-electron chi connectivity index (χ1n) is 7.42. The second kappa shape index (κ2) is 4.11. The predicted octanol–water partition coefficient (Wildman–Crippen LogP) is 3.57. The van der Waals surface area contributed by atoms with Crippen LogP contribution in [0.15, 0.2) is 12.2 Å². The Hall–Kier alpha value is -0.790. The maximum absolute atomic E-state index is 11.8. The molecule has 2 heteroatoms. The molecule has 3 rings (SSSR count). The van der Waals surface area contributed by atoms with Crippen molar-refractivity contribution in [1.82, 2.24) is 0 Å². The van der Waals surface area contributed by atoms with E-state index in [0.29, 0.717) is 24.9 Å². The minimum atomic E-state index is -0.00177. The van der Waals surface area contributed by atoms with Gasteiger partial charge in [0.2, 0.25) is 0 Å². The van der Waals surface area contributed by atoms with Crippen LogP contribution in [0.4, 0.5) is 0 Å². The molecule has 3 saturated carbocycles. The average molecular weight is 248 g/mol. The molecule has 0 aromatic rings. The quantitative estimate of drug-likeness (QED) is 0.564. The Labute approximate surface area is 110 Å². The minimum Gasteiger partial charge on any atom is -0.466 e. The van der Waals surface area contributed by atoms with Gasteiger partial charge in [-0.25, -0.2) is 0 Å². The summed E-state index contributed by atoms with van der Waals surface area (Å²) in [7, 11) is 0. The van der Waals surface area contributed by atoms with Gasteiger partial charge in [-0.2, -0.15) is 0 Å². The number of allylic oxidation sites excluding steroid dienone is 1. The van der Waals surface area contributed by atoms with Crippen LogP contribution in [0.2, 0.25) is 0 Å². The SMILES string of the molecule is C=C1[C@H]2CCC[C@H]3[C@@H]1C(C2)[C@@]3(C)CC(=O)OCC. The molecule has 1 unspecified atom stereocenters. The summed E-state index contributed by atoms with van der Waals surface area (Å²) in [4.78, 5) is 11.8. The van der Waals surface area contributed by atoms with Crippen LogP contribution in [0.25, 0.3) is 0 Å². The molecular weight excluding hydrogens is 224 g/mol. The van der Waals surface area contributed by atoms with E-state index in [1.807, 2.05) is 6.92 Å². The van der Waals surface area contributed by atoms with Crippen molar-refractivity contribution in [1.29, 1.82) is 0 Å². The van der Waals surface area contributed by atoms with Crippen LogP contribution in [0.3, 0.4) is 0 Å². The molecule has 3 aliphatic rings. The summed E-state index contributed by atoms with van der Waals surface area (Å²) in [5, 5.41) is 0. The van der Waals surface area contributed by atoms with Gasteiger partial charge in [0.25, 0.3) is 0 Å². The molecule has 0 heterocycles. The molecule has 18 heavy (non-hydrogen) atoms. The van der Waals surface area contributed by atoms with Crippen molar-refractivity contribution in [2.45, 2.75) is 46.0 Å². The molecule has 0 radical (unpaired) electrons. The molecule has 5 atom stereocenters. The van der Waals surface area contributed by atoms with Crippen molar-refractivity contribution < 1.29 is 9.53 Å². The summed E-state index contributed by atoms with van der Waals surface area (Å²) in [6.45, 7) is 9.05. The second-order valence-electron chi connectivity index (χ2n) is 6.66. The number of carbonyl (C=O) groups excluding carboxylic acids is 1. The lowest BCUT2D eigenvalue weighted by atomic mass is 9.46. The first kappa shape index (κ1) is 12.3. The van der Waals surface area contributed by atoms with E-state index in [4.69, 9.17) is 4.74 Å². The standard InChI is InChI=1S/C16H24O2/c1-4-18-14(17)9-16(3)12-7-5-6-11-8-13(16)15(12)10(11)2/h11-13,15H,2,4-9H2,1,3H3/t11-,12-,13?,15+,16-/m0/s1. The van der Waals surface area contributed by atoms with Crippen molar-refractivity contribution in [2.75, 3.05) is 6.61 Å². The number of rotatable bonds is 3. The van der Waals surface area contributed by atoms with Crippen molar-refractivity contribution in [3.8, 4) is 0 Å². The molecule has 0 spiro atoms. The van der Waals surface area contributed by atoms with Gasteiger partial charge in [-0.05, 0) is 55.3 Å². The van der Waals surface area contributed by atoms with Crippen LogP contribution in [0.5, 0.6) is 0 Å². The zero-order valence-corrected chi connectivity index (χ0v) is 11.6. The number of hydrogen-bond donors (Lipinski definition) is 0. The first-order valence-corrected chi connectivity index (χ1v) is 7.42. The number of fused-ring (bicyclic) bond motifs is 1. The van der Waals surface area contributed by atoms with Crippen LogP contribution < -0.4 is 0 Å². The number of hydrogen-bond acceptors (Lipinski definition) is 2. The minimum absolute atomic E-state index is 0.00177. The topological polar surface area (TPSA) is 26.3 Å². The lowest BCUT2D eigenvalue weighted by Gasteiger charge is -2.58.